The van der Waals surface area contributed by atoms with E-state index in [-0.39, 0.29) is 25.8 Å². The molecule has 0 bridgehead atoms. The lowest BCUT2D eigenvalue weighted by Gasteiger charge is -2.13. The number of rotatable bonds is 3. The van der Waals surface area contributed by atoms with Gasteiger partial charge in [0, 0.05) is 15.7 Å². The molecule has 9 heteroatoms. The summed E-state index contributed by atoms with van der Waals surface area (Å²) in [6, 6.07) is 4.18. The molecule has 112 valence electrons. The molecule has 2 rings (SSSR count). The smallest absolute Gasteiger partial charge is 0.263 e. The van der Waals surface area contributed by atoms with Crippen LogP contribution in [0.3, 0.4) is 0 Å². The lowest BCUT2D eigenvalue weighted by Crippen LogP contribution is -2.15. The van der Waals surface area contributed by atoms with Crippen molar-refractivity contribution in [2.45, 2.75) is 11.8 Å². The molecule has 0 unspecified atom stereocenters. The van der Waals surface area contributed by atoms with Crippen molar-refractivity contribution in [3.8, 4) is 0 Å². The summed E-state index contributed by atoms with van der Waals surface area (Å²) in [4.78, 5) is 3.76. The topological polar surface area (TPSA) is 59.1 Å². The maximum atomic E-state index is 12.4. The van der Waals surface area contributed by atoms with E-state index in [4.69, 9.17) is 34.8 Å². The summed E-state index contributed by atoms with van der Waals surface area (Å²) in [5.74, 6) is 0. The van der Waals surface area contributed by atoms with E-state index in [0.29, 0.717) is 10.0 Å². The van der Waals surface area contributed by atoms with E-state index in [1.54, 1.807) is 6.92 Å². The van der Waals surface area contributed by atoms with E-state index in [9.17, 15) is 8.42 Å². The summed E-state index contributed by atoms with van der Waals surface area (Å²) in [6.07, 6.45) is 1.49. The van der Waals surface area contributed by atoms with Gasteiger partial charge in [0.2, 0.25) is 0 Å². The molecular formula is C12H8BrCl3N2O2S. The maximum absolute atomic E-state index is 12.4. The van der Waals surface area contributed by atoms with Gasteiger partial charge in [0.25, 0.3) is 10.0 Å². The minimum absolute atomic E-state index is 0.0393. The molecule has 0 fully saturated rings. The van der Waals surface area contributed by atoms with Gasteiger partial charge in [-0.1, -0.05) is 34.8 Å². The van der Waals surface area contributed by atoms with Crippen molar-refractivity contribution in [3.63, 3.8) is 0 Å². The summed E-state index contributed by atoms with van der Waals surface area (Å²) < 4.78 is 27.9. The molecule has 1 aromatic carbocycles. The summed E-state index contributed by atoms with van der Waals surface area (Å²) in [6.45, 7) is 1.70. The van der Waals surface area contributed by atoms with Crippen LogP contribution in [0.2, 0.25) is 15.2 Å². The van der Waals surface area contributed by atoms with Gasteiger partial charge in [-0.15, -0.1) is 0 Å². The van der Waals surface area contributed by atoms with Gasteiger partial charge >= 0.3 is 0 Å². The van der Waals surface area contributed by atoms with E-state index in [2.05, 4.69) is 25.6 Å². The Bertz CT molecular complexity index is 812. The highest BCUT2D eigenvalue weighted by Crippen LogP contribution is 2.33. The van der Waals surface area contributed by atoms with Crippen molar-refractivity contribution in [2.75, 3.05) is 4.72 Å². The molecule has 0 aliphatic rings. The number of anilines is 1. The van der Waals surface area contributed by atoms with Crippen molar-refractivity contribution in [1.82, 2.24) is 4.98 Å². The molecule has 0 saturated carbocycles. The van der Waals surface area contributed by atoms with Crippen LogP contribution in [0.4, 0.5) is 5.69 Å². The molecule has 0 saturated heterocycles. The fraction of sp³-hybridized carbons (Fsp3) is 0.0833. The first-order chi connectivity index (χ1) is 9.72. The van der Waals surface area contributed by atoms with Gasteiger partial charge < -0.3 is 0 Å². The predicted octanol–water partition coefficient (Wildman–Crippen LogP) is 4.91. The third-order valence-electron chi connectivity index (χ3n) is 2.65. The van der Waals surface area contributed by atoms with E-state index >= 15 is 0 Å². The van der Waals surface area contributed by atoms with Crippen LogP contribution in [0.1, 0.15) is 5.56 Å². The van der Waals surface area contributed by atoms with Crippen molar-refractivity contribution in [1.29, 1.82) is 0 Å². The summed E-state index contributed by atoms with van der Waals surface area (Å²) in [5.41, 5.74) is 0.791. The van der Waals surface area contributed by atoms with Crippen LogP contribution in [0.15, 0.2) is 33.8 Å². The van der Waals surface area contributed by atoms with Gasteiger partial charge in [0.15, 0.2) is 5.15 Å². The average Bonchev–Trinajstić information content (AvgIpc) is 2.42. The van der Waals surface area contributed by atoms with Crippen LogP contribution in [-0.4, -0.2) is 13.4 Å². The zero-order valence-corrected chi connectivity index (χ0v) is 15.2. The molecule has 0 amide bonds. The van der Waals surface area contributed by atoms with Crippen LogP contribution in [0.25, 0.3) is 0 Å². The zero-order valence-electron chi connectivity index (χ0n) is 10.5. The number of pyridine rings is 1. The van der Waals surface area contributed by atoms with Gasteiger partial charge in [-0.25, -0.2) is 13.4 Å². The van der Waals surface area contributed by atoms with Crippen LogP contribution in [-0.2, 0) is 10.0 Å². The van der Waals surface area contributed by atoms with Crippen LogP contribution in [0.5, 0.6) is 0 Å². The Kier molecular flexibility index (Phi) is 5.05. The fourth-order valence-corrected chi connectivity index (χ4v) is 4.03. The van der Waals surface area contributed by atoms with Crippen molar-refractivity contribution >= 4 is 66.4 Å². The Morgan fingerprint density at radius 3 is 2.57 bits per heavy atom. The van der Waals surface area contributed by atoms with Crippen LogP contribution < -0.4 is 4.72 Å². The molecular weight excluding hydrogens is 422 g/mol. The number of nitrogens with one attached hydrogen (secondary N) is 1. The standard InChI is InChI=1S/C12H8BrCl3N2O2S/c1-6-8(13)5-17-12(16)11(6)18-21(19,20)10-4-7(14)2-3-9(10)15/h2-5,18H,1H3. The third kappa shape index (κ3) is 3.63. The molecule has 21 heavy (non-hydrogen) atoms. The zero-order chi connectivity index (χ0) is 15.8. The lowest BCUT2D eigenvalue weighted by molar-refractivity contribution is 0.601. The minimum Gasteiger partial charge on any atom is -0.276 e. The summed E-state index contributed by atoms with van der Waals surface area (Å²) >= 11 is 21.0. The highest BCUT2D eigenvalue weighted by Gasteiger charge is 2.21. The molecule has 4 nitrogen and oxygen atoms in total. The molecule has 0 aliphatic heterocycles. The fourth-order valence-electron chi connectivity index (χ4n) is 1.54. The van der Waals surface area contributed by atoms with E-state index < -0.39 is 10.0 Å². The molecule has 2 aromatic rings. The summed E-state index contributed by atoms with van der Waals surface area (Å²) in [7, 11) is -3.94. The Morgan fingerprint density at radius 2 is 1.90 bits per heavy atom. The quantitative estimate of drug-likeness (QED) is 0.704. The van der Waals surface area contributed by atoms with Crippen LogP contribution >= 0.6 is 50.7 Å². The highest BCUT2D eigenvalue weighted by molar-refractivity contribution is 9.10. The number of halogens is 4. The number of hydrogen-bond donors (Lipinski definition) is 1. The normalized spacial score (nSPS) is 11.5. The van der Waals surface area contributed by atoms with E-state index in [1.165, 1.54) is 24.4 Å². The van der Waals surface area contributed by atoms with Gasteiger partial charge in [-0.2, -0.15) is 0 Å². The average molecular weight is 431 g/mol. The van der Waals surface area contributed by atoms with E-state index in [0.717, 1.165) is 0 Å². The second-order valence-electron chi connectivity index (χ2n) is 4.08. The van der Waals surface area contributed by atoms with Gasteiger partial charge in [-0.3, -0.25) is 4.72 Å². The first kappa shape index (κ1) is 16.8. The number of sulfonamides is 1. The Morgan fingerprint density at radius 1 is 1.24 bits per heavy atom. The second kappa shape index (κ2) is 6.30. The van der Waals surface area contributed by atoms with Gasteiger partial charge in [0.05, 0.1) is 10.7 Å². The van der Waals surface area contributed by atoms with Crippen molar-refractivity contribution in [2.24, 2.45) is 0 Å². The molecule has 1 N–H and O–H groups in total. The molecule has 0 spiro atoms. The Hall–Kier alpha value is -0.530. The van der Waals surface area contributed by atoms with Gasteiger partial charge in [-0.05, 0) is 46.6 Å². The molecule has 0 radical (unpaired) electrons. The number of benzene rings is 1. The number of aromatic nitrogens is 1. The summed E-state index contributed by atoms with van der Waals surface area (Å²) in [5, 5.41) is 0.357. The minimum atomic E-state index is -3.94. The lowest BCUT2D eigenvalue weighted by atomic mass is 10.3. The van der Waals surface area contributed by atoms with E-state index in [1.807, 2.05) is 0 Å². The number of hydrogen-bond acceptors (Lipinski definition) is 3. The monoisotopic (exact) mass is 428 g/mol. The van der Waals surface area contributed by atoms with Gasteiger partial charge in [0.1, 0.15) is 4.90 Å². The third-order valence-corrected chi connectivity index (χ3v) is 5.80. The van der Waals surface area contributed by atoms with Crippen LogP contribution in [0, 0.1) is 6.92 Å². The second-order valence-corrected chi connectivity index (χ2v) is 7.78. The molecule has 1 aromatic heterocycles. The number of nitrogens with zero attached hydrogens (tertiary/aromatic N) is 1. The molecule has 0 aliphatic carbocycles. The Labute approximate surface area is 145 Å². The molecule has 0 atom stereocenters. The first-order valence-electron chi connectivity index (χ1n) is 5.51. The highest BCUT2D eigenvalue weighted by atomic mass is 79.9. The SMILES string of the molecule is Cc1c(Br)cnc(Cl)c1NS(=O)(=O)c1cc(Cl)ccc1Cl. The van der Waals surface area contributed by atoms with Crippen molar-refractivity contribution < 1.29 is 8.42 Å². The first-order valence-corrected chi connectivity index (χ1v) is 8.92. The van der Waals surface area contributed by atoms with Crippen molar-refractivity contribution in [3.05, 3.63) is 49.6 Å². The predicted molar refractivity (Wildman–Crippen MR) is 89.0 cm³/mol. The molecule has 1 heterocycles. The maximum Gasteiger partial charge on any atom is 0.263 e. The Balaban J connectivity index is 2.53. The largest absolute Gasteiger partial charge is 0.276 e.